The minimum Gasteiger partial charge on any atom is -0.373 e. The molecular weight excluding hydrogens is 260 g/mol. The van der Waals surface area contributed by atoms with Gasteiger partial charge in [-0.15, -0.1) is 0 Å². The zero-order chi connectivity index (χ0) is 13.9. The average Bonchev–Trinajstić information content (AvgIpc) is 2.27. The SMILES string of the molecule is CC(C)CN(C)c1ccccc1S(=O)(=O)C(F)F. The van der Waals surface area contributed by atoms with Crippen LogP contribution in [0.15, 0.2) is 29.2 Å². The van der Waals surface area contributed by atoms with Crippen LogP contribution in [-0.4, -0.2) is 27.8 Å². The third kappa shape index (κ3) is 3.19. The van der Waals surface area contributed by atoms with Crippen molar-refractivity contribution in [2.45, 2.75) is 24.5 Å². The number of alkyl halides is 2. The van der Waals surface area contributed by atoms with Gasteiger partial charge >= 0.3 is 5.76 Å². The maximum absolute atomic E-state index is 12.6. The van der Waals surface area contributed by atoms with Gasteiger partial charge in [-0.05, 0) is 18.1 Å². The van der Waals surface area contributed by atoms with Gasteiger partial charge in [0.1, 0.15) is 0 Å². The molecule has 0 aromatic heterocycles. The van der Waals surface area contributed by atoms with E-state index in [1.54, 1.807) is 18.0 Å². The van der Waals surface area contributed by atoms with Crippen LogP contribution in [0.1, 0.15) is 13.8 Å². The van der Waals surface area contributed by atoms with Crippen LogP contribution in [-0.2, 0) is 9.84 Å². The fraction of sp³-hybridized carbons (Fsp3) is 0.500. The molecule has 0 aliphatic carbocycles. The standard InChI is InChI=1S/C12H17F2NO2S/c1-9(2)8-15(3)10-6-4-5-7-11(10)18(16,17)12(13)14/h4-7,9,12H,8H2,1-3H3. The first kappa shape index (κ1) is 14.9. The molecule has 0 atom stereocenters. The van der Waals surface area contributed by atoms with Crippen LogP contribution in [0.2, 0.25) is 0 Å². The minimum absolute atomic E-state index is 0.303. The van der Waals surface area contributed by atoms with Crippen LogP contribution in [0.3, 0.4) is 0 Å². The van der Waals surface area contributed by atoms with Crippen LogP contribution in [0.4, 0.5) is 14.5 Å². The van der Waals surface area contributed by atoms with Gasteiger partial charge in [-0.1, -0.05) is 26.0 Å². The highest BCUT2D eigenvalue weighted by molar-refractivity contribution is 7.91. The van der Waals surface area contributed by atoms with Crippen LogP contribution < -0.4 is 4.90 Å². The Balaban J connectivity index is 3.23. The smallest absolute Gasteiger partial charge is 0.341 e. The molecule has 1 aromatic carbocycles. The Hall–Kier alpha value is -1.17. The van der Waals surface area contributed by atoms with Crippen LogP contribution >= 0.6 is 0 Å². The van der Waals surface area contributed by atoms with E-state index in [0.717, 1.165) is 0 Å². The highest BCUT2D eigenvalue weighted by Gasteiger charge is 2.29. The number of anilines is 1. The number of sulfone groups is 1. The Morgan fingerprint density at radius 1 is 1.22 bits per heavy atom. The van der Waals surface area contributed by atoms with Crippen molar-refractivity contribution in [3.63, 3.8) is 0 Å². The molecule has 0 spiro atoms. The Bertz CT molecular complexity index is 501. The van der Waals surface area contributed by atoms with Gasteiger partial charge in [0, 0.05) is 13.6 Å². The van der Waals surface area contributed by atoms with E-state index in [0.29, 0.717) is 18.2 Å². The Kier molecular flexibility index (Phi) is 4.67. The van der Waals surface area contributed by atoms with E-state index in [-0.39, 0.29) is 4.90 Å². The van der Waals surface area contributed by atoms with Crippen molar-refractivity contribution in [1.29, 1.82) is 0 Å². The third-order valence-electron chi connectivity index (χ3n) is 2.46. The molecule has 0 amide bonds. The van der Waals surface area contributed by atoms with Crippen molar-refractivity contribution < 1.29 is 17.2 Å². The van der Waals surface area contributed by atoms with E-state index < -0.39 is 15.6 Å². The number of halogens is 2. The summed E-state index contributed by atoms with van der Waals surface area (Å²) in [5.74, 6) is -3.09. The summed E-state index contributed by atoms with van der Waals surface area (Å²) >= 11 is 0. The maximum Gasteiger partial charge on any atom is 0.341 e. The second-order valence-corrected chi connectivity index (χ2v) is 6.43. The van der Waals surface area contributed by atoms with Crippen LogP contribution in [0.25, 0.3) is 0 Å². The van der Waals surface area contributed by atoms with Gasteiger partial charge in [-0.2, -0.15) is 8.78 Å². The van der Waals surface area contributed by atoms with Gasteiger partial charge in [0.05, 0.1) is 10.6 Å². The largest absolute Gasteiger partial charge is 0.373 e. The van der Waals surface area contributed by atoms with Crippen LogP contribution in [0.5, 0.6) is 0 Å². The lowest BCUT2D eigenvalue weighted by molar-refractivity contribution is 0.235. The number of rotatable bonds is 5. The zero-order valence-electron chi connectivity index (χ0n) is 10.6. The lowest BCUT2D eigenvalue weighted by Gasteiger charge is -2.23. The van der Waals surface area contributed by atoms with Gasteiger partial charge < -0.3 is 4.90 Å². The first-order valence-corrected chi connectivity index (χ1v) is 7.13. The molecule has 0 saturated carbocycles. The molecule has 0 fully saturated rings. The number of benzene rings is 1. The normalized spacial score (nSPS) is 12.2. The van der Waals surface area contributed by atoms with E-state index in [9.17, 15) is 17.2 Å². The Morgan fingerprint density at radius 3 is 2.28 bits per heavy atom. The van der Waals surface area contributed by atoms with E-state index in [1.165, 1.54) is 18.2 Å². The van der Waals surface area contributed by atoms with Crippen molar-refractivity contribution in [2.75, 3.05) is 18.5 Å². The summed E-state index contributed by atoms with van der Waals surface area (Å²) in [5, 5.41) is 0. The zero-order valence-corrected chi connectivity index (χ0v) is 11.4. The molecule has 0 N–H and O–H groups in total. The van der Waals surface area contributed by atoms with Crippen molar-refractivity contribution in [3.8, 4) is 0 Å². The second-order valence-electron chi connectivity index (χ2n) is 4.55. The molecule has 0 unspecified atom stereocenters. The van der Waals surface area contributed by atoms with Gasteiger partial charge in [0.2, 0.25) is 9.84 Å². The summed E-state index contributed by atoms with van der Waals surface area (Å²) in [4.78, 5) is 1.36. The van der Waals surface area contributed by atoms with E-state index >= 15 is 0 Å². The van der Waals surface area contributed by atoms with Gasteiger partial charge in [-0.25, -0.2) is 8.42 Å². The molecular formula is C12H17F2NO2S. The molecule has 0 radical (unpaired) electrons. The summed E-state index contributed by atoms with van der Waals surface area (Å²) in [5.41, 5.74) is 0.312. The molecule has 0 aliphatic heterocycles. The Labute approximate surface area is 106 Å². The lowest BCUT2D eigenvalue weighted by atomic mass is 10.2. The predicted molar refractivity (Wildman–Crippen MR) is 67.7 cm³/mol. The molecule has 6 heteroatoms. The lowest BCUT2D eigenvalue weighted by Crippen LogP contribution is -2.25. The fourth-order valence-corrected chi connectivity index (χ4v) is 2.73. The van der Waals surface area contributed by atoms with E-state index in [2.05, 4.69) is 0 Å². The average molecular weight is 277 g/mol. The molecule has 0 heterocycles. The van der Waals surface area contributed by atoms with Crippen molar-refractivity contribution in [3.05, 3.63) is 24.3 Å². The van der Waals surface area contributed by atoms with E-state index in [4.69, 9.17) is 0 Å². The van der Waals surface area contributed by atoms with Gasteiger partial charge in [0.15, 0.2) is 0 Å². The number of hydrogen-bond donors (Lipinski definition) is 0. The Morgan fingerprint density at radius 2 is 1.78 bits per heavy atom. The van der Waals surface area contributed by atoms with Crippen molar-refractivity contribution in [1.82, 2.24) is 0 Å². The highest BCUT2D eigenvalue weighted by Crippen LogP contribution is 2.28. The second kappa shape index (κ2) is 5.65. The molecule has 102 valence electrons. The fourth-order valence-electron chi connectivity index (χ4n) is 1.76. The summed E-state index contributed by atoms with van der Waals surface area (Å²) in [6, 6.07) is 5.84. The number of hydrogen-bond acceptors (Lipinski definition) is 3. The molecule has 0 aliphatic rings. The highest BCUT2D eigenvalue weighted by atomic mass is 32.2. The molecule has 0 saturated heterocycles. The summed E-state index contributed by atoms with van der Waals surface area (Å²) < 4.78 is 48.3. The predicted octanol–water partition coefficient (Wildman–Crippen LogP) is 2.78. The first-order chi connectivity index (χ1) is 8.26. The molecule has 1 aromatic rings. The minimum atomic E-state index is -4.56. The number of para-hydroxylation sites is 1. The first-order valence-electron chi connectivity index (χ1n) is 5.59. The quantitative estimate of drug-likeness (QED) is 0.830. The van der Waals surface area contributed by atoms with Crippen LogP contribution in [0, 0.1) is 5.92 Å². The summed E-state index contributed by atoms with van der Waals surface area (Å²) in [6.07, 6.45) is 0. The summed E-state index contributed by atoms with van der Waals surface area (Å²) in [7, 11) is -2.87. The molecule has 1 rings (SSSR count). The van der Waals surface area contributed by atoms with Gasteiger partial charge in [0.25, 0.3) is 0 Å². The monoisotopic (exact) mass is 277 g/mol. The maximum atomic E-state index is 12.6. The molecule has 3 nitrogen and oxygen atoms in total. The molecule has 0 bridgehead atoms. The topological polar surface area (TPSA) is 37.4 Å². The third-order valence-corrected chi connectivity index (χ3v) is 3.88. The van der Waals surface area contributed by atoms with Crippen molar-refractivity contribution >= 4 is 15.5 Å². The van der Waals surface area contributed by atoms with Crippen molar-refractivity contribution in [2.24, 2.45) is 5.92 Å². The van der Waals surface area contributed by atoms with E-state index in [1.807, 2.05) is 13.8 Å². The number of nitrogens with zero attached hydrogens (tertiary/aromatic N) is 1. The summed E-state index contributed by atoms with van der Waals surface area (Å²) in [6.45, 7) is 4.54. The van der Waals surface area contributed by atoms with Gasteiger partial charge in [-0.3, -0.25) is 0 Å². The molecule has 18 heavy (non-hydrogen) atoms.